The van der Waals surface area contributed by atoms with Crippen LogP contribution in [0.25, 0.3) is 10.9 Å². The summed E-state index contributed by atoms with van der Waals surface area (Å²) in [5.74, 6) is -0.188. The number of carbonyl (C=O) groups is 1. The first-order valence-corrected chi connectivity index (χ1v) is 9.92. The number of benzene rings is 2. The van der Waals surface area contributed by atoms with E-state index in [9.17, 15) is 9.18 Å². The first-order chi connectivity index (χ1) is 14.0. The number of aromatic amines is 1. The fourth-order valence-corrected chi connectivity index (χ4v) is 3.67. The number of H-pyrrole nitrogens is 1. The van der Waals surface area contributed by atoms with Gasteiger partial charge in [0.25, 0.3) is 11.1 Å². The standard InChI is InChI=1S/C21H18FN3O3S/c1-12(27-18-10-6-4-8-16(18)22)20-24-25-21(28-20)29-13(2)19(26)15-11-23-17-9-5-3-7-14(15)17/h3-13,23H,1-2H3/t12-,13+/m0/s1. The Bertz CT molecular complexity index is 1160. The summed E-state index contributed by atoms with van der Waals surface area (Å²) in [4.78, 5) is 16.0. The molecule has 148 valence electrons. The van der Waals surface area contributed by atoms with Crippen molar-refractivity contribution >= 4 is 28.4 Å². The summed E-state index contributed by atoms with van der Waals surface area (Å²) >= 11 is 1.17. The summed E-state index contributed by atoms with van der Waals surface area (Å²) in [5.41, 5.74) is 1.53. The molecule has 0 unspecified atom stereocenters. The number of thioether (sulfide) groups is 1. The van der Waals surface area contributed by atoms with Crippen LogP contribution in [0.2, 0.25) is 0 Å². The van der Waals surface area contributed by atoms with Gasteiger partial charge in [-0.15, -0.1) is 10.2 Å². The Labute approximate surface area is 170 Å². The van der Waals surface area contributed by atoms with E-state index in [2.05, 4.69) is 15.2 Å². The molecule has 0 bridgehead atoms. The van der Waals surface area contributed by atoms with Gasteiger partial charge in [-0.05, 0) is 32.0 Å². The highest BCUT2D eigenvalue weighted by molar-refractivity contribution is 8.00. The van der Waals surface area contributed by atoms with Gasteiger partial charge in [0.1, 0.15) is 0 Å². The molecule has 0 aliphatic heterocycles. The molecular formula is C21H18FN3O3S. The minimum Gasteiger partial charge on any atom is -0.478 e. The quantitative estimate of drug-likeness (QED) is 0.333. The van der Waals surface area contributed by atoms with E-state index in [-0.39, 0.29) is 22.6 Å². The molecule has 2 aromatic carbocycles. The highest BCUT2D eigenvalue weighted by Crippen LogP contribution is 2.30. The molecule has 0 saturated heterocycles. The van der Waals surface area contributed by atoms with Crippen molar-refractivity contribution < 1.29 is 18.3 Å². The van der Waals surface area contributed by atoms with Gasteiger partial charge in [-0.2, -0.15) is 0 Å². The number of nitrogens with one attached hydrogen (secondary N) is 1. The fourth-order valence-electron chi connectivity index (χ4n) is 2.91. The lowest BCUT2D eigenvalue weighted by atomic mass is 10.1. The maximum atomic E-state index is 13.7. The molecule has 0 aliphatic carbocycles. The third kappa shape index (κ3) is 4.02. The largest absolute Gasteiger partial charge is 0.478 e. The van der Waals surface area contributed by atoms with Gasteiger partial charge in [-0.1, -0.05) is 42.1 Å². The highest BCUT2D eigenvalue weighted by atomic mass is 32.2. The Morgan fingerprint density at radius 1 is 1.14 bits per heavy atom. The number of fused-ring (bicyclic) bond motifs is 1. The summed E-state index contributed by atoms with van der Waals surface area (Å²) < 4.78 is 24.9. The fraction of sp³-hybridized carbons (Fsp3) is 0.190. The number of nitrogens with zero attached hydrogens (tertiary/aromatic N) is 2. The van der Waals surface area contributed by atoms with Crippen molar-refractivity contribution in [3.05, 3.63) is 72.0 Å². The molecular weight excluding hydrogens is 393 g/mol. The predicted octanol–water partition coefficient (Wildman–Crippen LogP) is 5.19. The summed E-state index contributed by atoms with van der Waals surface area (Å²) in [7, 11) is 0. The van der Waals surface area contributed by atoms with Crippen LogP contribution in [0, 0.1) is 5.82 Å². The third-order valence-corrected chi connectivity index (χ3v) is 5.35. The lowest BCUT2D eigenvalue weighted by Crippen LogP contribution is -2.13. The van der Waals surface area contributed by atoms with Crippen molar-refractivity contribution in [3.63, 3.8) is 0 Å². The van der Waals surface area contributed by atoms with E-state index in [1.54, 1.807) is 32.2 Å². The van der Waals surface area contributed by atoms with E-state index >= 15 is 0 Å². The Morgan fingerprint density at radius 3 is 2.72 bits per heavy atom. The van der Waals surface area contributed by atoms with Gasteiger partial charge in [0.15, 0.2) is 23.5 Å². The number of carbonyl (C=O) groups excluding carboxylic acids is 1. The van der Waals surface area contributed by atoms with Crippen LogP contribution < -0.4 is 4.74 Å². The molecule has 0 amide bonds. The second-order valence-electron chi connectivity index (χ2n) is 6.47. The molecule has 2 aromatic heterocycles. The monoisotopic (exact) mass is 411 g/mol. The normalized spacial score (nSPS) is 13.3. The SMILES string of the molecule is C[C@H](Oc1ccccc1F)c1nnc(S[C@H](C)C(=O)c2c[nH]c3ccccc23)o1. The van der Waals surface area contributed by atoms with Gasteiger partial charge in [0, 0.05) is 22.7 Å². The van der Waals surface area contributed by atoms with Gasteiger partial charge < -0.3 is 14.1 Å². The lowest BCUT2D eigenvalue weighted by Gasteiger charge is -2.11. The van der Waals surface area contributed by atoms with Gasteiger partial charge in [-0.3, -0.25) is 4.79 Å². The van der Waals surface area contributed by atoms with Crippen LogP contribution in [0.1, 0.15) is 36.2 Å². The molecule has 0 aliphatic rings. The zero-order valence-electron chi connectivity index (χ0n) is 15.8. The molecule has 0 radical (unpaired) electrons. The molecule has 0 saturated carbocycles. The van der Waals surface area contributed by atoms with Gasteiger partial charge in [0.2, 0.25) is 0 Å². The third-order valence-electron chi connectivity index (χ3n) is 4.41. The molecule has 2 atom stereocenters. The van der Waals surface area contributed by atoms with Crippen molar-refractivity contribution in [1.29, 1.82) is 0 Å². The van der Waals surface area contributed by atoms with E-state index in [0.29, 0.717) is 5.56 Å². The van der Waals surface area contributed by atoms with Crippen LogP contribution in [-0.4, -0.2) is 26.2 Å². The Kier molecular flexibility index (Phi) is 5.35. The van der Waals surface area contributed by atoms with Gasteiger partial charge in [0.05, 0.1) is 5.25 Å². The summed E-state index contributed by atoms with van der Waals surface area (Å²) in [6.07, 6.45) is 1.08. The number of rotatable bonds is 7. The first kappa shape index (κ1) is 19.2. The van der Waals surface area contributed by atoms with Gasteiger partial charge in [-0.25, -0.2) is 4.39 Å². The van der Waals surface area contributed by atoms with Gasteiger partial charge >= 0.3 is 0 Å². The molecule has 1 N–H and O–H groups in total. The number of ketones is 1. The van der Waals surface area contributed by atoms with Crippen LogP contribution in [-0.2, 0) is 0 Å². The minimum absolute atomic E-state index is 0.0390. The summed E-state index contributed by atoms with van der Waals surface area (Å²) in [6.45, 7) is 3.48. The van der Waals surface area contributed by atoms with E-state index in [0.717, 1.165) is 10.9 Å². The number of para-hydroxylation sites is 2. The summed E-state index contributed by atoms with van der Waals surface area (Å²) in [5, 5.41) is 8.65. The topological polar surface area (TPSA) is 81.0 Å². The Morgan fingerprint density at radius 2 is 1.90 bits per heavy atom. The maximum Gasteiger partial charge on any atom is 0.277 e. The van der Waals surface area contributed by atoms with E-state index in [1.807, 2.05) is 24.3 Å². The molecule has 0 fully saturated rings. The van der Waals surface area contributed by atoms with E-state index in [1.165, 1.54) is 23.9 Å². The molecule has 4 aromatic rings. The second-order valence-corrected chi connectivity index (χ2v) is 7.76. The lowest BCUT2D eigenvalue weighted by molar-refractivity contribution is 0.0995. The minimum atomic E-state index is -0.631. The molecule has 6 nitrogen and oxygen atoms in total. The number of Topliss-reactive ketones (excluding diaryl/α,β-unsaturated/α-hetero) is 1. The molecule has 2 heterocycles. The average Bonchev–Trinajstić information content (AvgIpc) is 3.36. The van der Waals surface area contributed by atoms with Crippen molar-refractivity contribution in [2.24, 2.45) is 0 Å². The Hall–Kier alpha value is -3.13. The molecule has 4 rings (SSSR count). The Balaban J connectivity index is 1.44. The van der Waals surface area contributed by atoms with Crippen molar-refractivity contribution in [2.75, 3.05) is 0 Å². The number of aromatic nitrogens is 3. The summed E-state index contributed by atoms with van der Waals surface area (Å²) in [6, 6.07) is 13.7. The number of hydrogen-bond donors (Lipinski definition) is 1. The predicted molar refractivity (Wildman–Crippen MR) is 108 cm³/mol. The number of ether oxygens (including phenoxy) is 1. The van der Waals surface area contributed by atoms with Crippen LogP contribution >= 0.6 is 11.8 Å². The average molecular weight is 411 g/mol. The van der Waals surface area contributed by atoms with Crippen molar-refractivity contribution in [1.82, 2.24) is 15.2 Å². The van der Waals surface area contributed by atoms with Crippen LogP contribution in [0.15, 0.2) is 64.4 Å². The van der Waals surface area contributed by atoms with Crippen molar-refractivity contribution in [3.8, 4) is 5.75 Å². The number of halogens is 1. The van der Waals surface area contributed by atoms with Crippen LogP contribution in [0.5, 0.6) is 5.75 Å². The van der Waals surface area contributed by atoms with Crippen LogP contribution in [0.4, 0.5) is 4.39 Å². The van der Waals surface area contributed by atoms with Crippen LogP contribution in [0.3, 0.4) is 0 Å². The smallest absolute Gasteiger partial charge is 0.277 e. The second kappa shape index (κ2) is 8.08. The number of hydrogen-bond acceptors (Lipinski definition) is 6. The maximum absolute atomic E-state index is 13.7. The van der Waals surface area contributed by atoms with E-state index < -0.39 is 17.2 Å². The molecule has 8 heteroatoms. The zero-order valence-corrected chi connectivity index (χ0v) is 16.6. The molecule has 29 heavy (non-hydrogen) atoms. The van der Waals surface area contributed by atoms with E-state index in [4.69, 9.17) is 9.15 Å². The first-order valence-electron chi connectivity index (χ1n) is 9.04. The highest BCUT2D eigenvalue weighted by Gasteiger charge is 2.23. The zero-order chi connectivity index (χ0) is 20.4. The molecule has 0 spiro atoms. The van der Waals surface area contributed by atoms with Crippen molar-refractivity contribution in [2.45, 2.75) is 30.4 Å².